The van der Waals surface area contributed by atoms with E-state index in [4.69, 9.17) is 9.84 Å². The second-order valence-electron chi connectivity index (χ2n) is 6.34. The van der Waals surface area contributed by atoms with Crippen LogP contribution in [0.5, 0.6) is 0 Å². The maximum Gasteiger partial charge on any atom is 0.305 e. The number of rotatable bonds is 17. The van der Waals surface area contributed by atoms with Crippen LogP contribution < -0.4 is 0 Å². The summed E-state index contributed by atoms with van der Waals surface area (Å²) in [6.07, 6.45) is 19.5. The molecular formula is C20H38O3. The fraction of sp³-hybridized carbons (Fsp3) is 0.850. The van der Waals surface area contributed by atoms with E-state index < -0.39 is 5.97 Å². The highest BCUT2D eigenvalue weighted by atomic mass is 16.5. The second kappa shape index (κ2) is 17.5. The van der Waals surface area contributed by atoms with Crippen LogP contribution in [-0.2, 0) is 9.53 Å². The number of allylic oxidation sites excluding steroid dienone is 2. The molecule has 0 amide bonds. The van der Waals surface area contributed by atoms with Crippen LogP contribution in [0.4, 0.5) is 0 Å². The Morgan fingerprint density at radius 3 is 2.04 bits per heavy atom. The molecule has 0 aromatic rings. The van der Waals surface area contributed by atoms with Crippen LogP contribution in [0.1, 0.15) is 97.3 Å². The van der Waals surface area contributed by atoms with Gasteiger partial charge in [-0.1, -0.05) is 64.0 Å². The maximum atomic E-state index is 10.7. The normalized spacial score (nSPS) is 12.8. The van der Waals surface area contributed by atoms with E-state index in [-0.39, 0.29) is 12.5 Å². The molecule has 0 heterocycles. The molecule has 136 valence electrons. The van der Waals surface area contributed by atoms with E-state index in [1.54, 1.807) is 0 Å². The fourth-order valence-corrected chi connectivity index (χ4v) is 2.76. The van der Waals surface area contributed by atoms with Crippen LogP contribution in [0.25, 0.3) is 0 Å². The van der Waals surface area contributed by atoms with E-state index >= 15 is 0 Å². The number of carboxylic acid groups (broad SMARTS) is 1. The summed E-state index contributed by atoms with van der Waals surface area (Å²) >= 11 is 0. The highest BCUT2D eigenvalue weighted by Crippen LogP contribution is 2.13. The van der Waals surface area contributed by atoms with Crippen LogP contribution in [0.15, 0.2) is 12.2 Å². The number of unbranched alkanes of at least 4 members (excludes halogenated alkanes) is 9. The summed E-state index contributed by atoms with van der Waals surface area (Å²) < 4.78 is 5.47. The van der Waals surface area contributed by atoms with Gasteiger partial charge in [0.05, 0.1) is 12.5 Å². The molecule has 0 spiro atoms. The number of carbonyl (C=O) groups is 1. The zero-order valence-electron chi connectivity index (χ0n) is 15.4. The zero-order chi connectivity index (χ0) is 17.2. The minimum atomic E-state index is -0.759. The molecule has 1 N–H and O–H groups in total. The SMILES string of the molecule is CCCCCC/C=C/CCCCCCCC(CC(=O)O)OCC. The van der Waals surface area contributed by atoms with Crippen molar-refractivity contribution in [2.24, 2.45) is 0 Å². The van der Waals surface area contributed by atoms with E-state index in [9.17, 15) is 4.79 Å². The average molecular weight is 327 g/mol. The van der Waals surface area contributed by atoms with Gasteiger partial charge in [-0.3, -0.25) is 4.79 Å². The van der Waals surface area contributed by atoms with E-state index in [1.807, 2.05) is 6.92 Å². The summed E-state index contributed by atoms with van der Waals surface area (Å²) in [4.78, 5) is 10.7. The van der Waals surface area contributed by atoms with Crippen LogP contribution in [0.3, 0.4) is 0 Å². The van der Waals surface area contributed by atoms with Crippen LogP contribution in [0, 0.1) is 0 Å². The number of ether oxygens (including phenoxy) is 1. The van der Waals surface area contributed by atoms with E-state index in [0.717, 1.165) is 12.8 Å². The predicted molar refractivity (Wildman–Crippen MR) is 97.9 cm³/mol. The van der Waals surface area contributed by atoms with Crippen molar-refractivity contribution in [1.29, 1.82) is 0 Å². The van der Waals surface area contributed by atoms with Gasteiger partial charge in [-0.15, -0.1) is 0 Å². The molecule has 0 aliphatic carbocycles. The molecule has 0 aromatic carbocycles. The Balaban J connectivity index is 3.37. The summed E-state index contributed by atoms with van der Waals surface area (Å²) in [6, 6.07) is 0. The van der Waals surface area contributed by atoms with Crippen molar-refractivity contribution in [2.45, 2.75) is 103 Å². The summed E-state index contributed by atoms with van der Waals surface area (Å²) in [5.41, 5.74) is 0. The molecule has 3 nitrogen and oxygen atoms in total. The molecule has 0 rings (SSSR count). The van der Waals surface area contributed by atoms with Gasteiger partial charge >= 0.3 is 5.97 Å². The highest BCUT2D eigenvalue weighted by Gasteiger charge is 2.12. The Bertz CT molecular complexity index is 287. The molecule has 0 aliphatic heterocycles. The fourth-order valence-electron chi connectivity index (χ4n) is 2.76. The minimum Gasteiger partial charge on any atom is -0.481 e. The van der Waals surface area contributed by atoms with Gasteiger partial charge in [0.25, 0.3) is 0 Å². The third-order valence-electron chi connectivity index (χ3n) is 4.09. The molecule has 3 heteroatoms. The largest absolute Gasteiger partial charge is 0.481 e. The molecule has 0 saturated carbocycles. The molecule has 0 bridgehead atoms. The van der Waals surface area contributed by atoms with Gasteiger partial charge in [0.15, 0.2) is 0 Å². The van der Waals surface area contributed by atoms with Gasteiger partial charge in [0, 0.05) is 6.61 Å². The highest BCUT2D eigenvalue weighted by molar-refractivity contribution is 5.67. The molecule has 0 radical (unpaired) electrons. The van der Waals surface area contributed by atoms with Crippen molar-refractivity contribution >= 4 is 5.97 Å². The molecular weight excluding hydrogens is 288 g/mol. The third kappa shape index (κ3) is 17.4. The number of aliphatic carboxylic acids is 1. The lowest BCUT2D eigenvalue weighted by Gasteiger charge is -2.14. The van der Waals surface area contributed by atoms with Crippen molar-refractivity contribution in [3.05, 3.63) is 12.2 Å². The summed E-state index contributed by atoms with van der Waals surface area (Å²) in [6.45, 7) is 4.77. The van der Waals surface area contributed by atoms with Crippen molar-refractivity contribution in [2.75, 3.05) is 6.61 Å². The third-order valence-corrected chi connectivity index (χ3v) is 4.09. The molecule has 0 aromatic heterocycles. The van der Waals surface area contributed by atoms with Crippen molar-refractivity contribution < 1.29 is 14.6 Å². The Morgan fingerprint density at radius 1 is 0.913 bits per heavy atom. The first-order valence-corrected chi connectivity index (χ1v) is 9.69. The van der Waals surface area contributed by atoms with Crippen LogP contribution in [-0.4, -0.2) is 23.8 Å². The standard InChI is InChI=1S/C20H38O3/c1-3-5-6-7-8-9-10-11-12-13-14-15-16-17-19(23-4-2)18-20(21)22/h9-10,19H,3-8,11-18H2,1-2H3,(H,21,22)/b10-9+. The number of hydrogen-bond acceptors (Lipinski definition) is 2. The second-order valence-corrected chi connectivity index (χ2v) is 6.34. The van der Waals surface area contributed by atoms with Gasteiger partial charge in [0.2, 0.25) is 0 Å². The molecule has 23 heavy (non-hydrogen) atoms. The summed E-state index contributed by atoms with van der Waals surface area (Å²) in [5, 5.41) is 8.83. The van der Waals surface area contributed by atoms with Gasteiger partial charge in [-0.05, 0) is 39.0 Å². The Kier molecular flexibility index (Phi) is 16.9. The number of hydrogen-bond donors (Lipinski definition) is 1. The van der Waals surface area contributed by atoms with Gasteiger partial charge in [-0.2, -0.15) is 0 Å². The number of carboxylic acids is 1. The topological polar surface area (TPSA) is 46.5 Å². The smallest absolute Gasteiger partial charge is 0.305 e. The average Bonchev–Trinajstić information content (AvgIpc) is 2.51. The molecule has 0 fully saturated rings. The monoisotopic (exact) mass is 326 g/mol. The lowest BCUT2D eigenvalue weighted by molar-refractivity contribution is -0.140. The van der Waals surface area contributed by atoms with Gasteiger partial charge in [-0.25, -0.2) is 0 Å². The van der Waals surface area contributed by atoms with Crippen LogP contribution >= 0.6 is 0 Å². The molecule has 0 saturated heterocycles. The Morgan fingerprint density at radius 2 is 1.48 bits per heavy atom. The summed E-state index contributed by atoms with van der Waals surface area (Å²) in [5.74, 6) is -0.759. The molecule has 1 unspecified atom stereocenters. The van der Waals surface area contributed by atoms with Crippen molar-refractivity contribution in [3.63, 3.8) is 0 Å². The van der Waals surface area contributed by atoms with E-state index in [1.165, 1.54) is 64.2 Å². The molecule has 0 aliphatic rings. The van der Waals surface area contributed by atoms with E-state index in [2.05, 4.69) is 19.1 Å². The minimum absolute atomic E-state index is 0.104. The zero-order valence-corrected chi connectivity index (χ0v) is 15.4. The molecule has 1 atom stereocenters. The quantitative estimate of drug-likeness (QED) is 0.258. The van der Waals surface area contributed by atoms with Crippen molar-refractivity contribution in [3.8, 4) is 0 Å². The first-order valence-electron chi connectivity index (χ1n) is 9.69. The Hall–Kier alpha value is -0.830. The van der Waals surface area contributed by atoms with E-state index in [0.29, 0.717) is 6.61 Å². The van der Waals surface area contributed by atoms with Gasteiger partial charge in [0.1, 0.15) is 0 Å². The lowest BCUT2D eigenvalue weighted by Crippen LogP contribution is -2.17. The predicted octanol–water partition coefficient (Wildman–Crippen LogP) is 6.12. The lowest BCUT2D eigenvalue weighted by atomic mass is 10.0. The summed E-state index contributed by atoms with van der Waals surface area (Å²) in [7, 11) is 0. The first-order chi connectivity index (χ1) is 11.2. The maximum absolute atomic E-state index is 10.7. The Labute approximate surface area is 143 Å². The van der Waals surface area contributed by atoms with Crippen molar-refractivity contribution in [1.82, 2.24) is 0 Å². The van der Waals surface area contributed by atoms with Crippen LogP contribution in [0.2, 0.25) is 0 Å². The van der Waals surface area contributed by atoms with Gasteiger partial charge < -0.3 is 9.84 Å². The first kappa shape index (κ1) is 22.2.